The summed E-state index contributed by atoms with van der Waals surface area (Å²) in [5, 5.41) is 13.6. The van der Waals surface area contributed by atoms with Gasteiger partial charge in [-0.05, 0) is 23.3 Å². The molecule has 1 aromatic carbocycles. The van der Waals surface area contributed by atoms with E-state index in [2.05, 4.69) is 5.32 Å². The van der Waals surface area contributed by atoms with Gasteiger partial charge in [0.15, 0.2) is 24.8 Å². The minimum Gasteiger partial charge on any atom is -0.507 e. The summed E-state index contributed by atoms with van der Waals surface area (Å²) in [6, 6.07) is 11.3. The van der Waals surface area contributed by atoms with Crippen molar-refractivity contribution < 1.29 is 19.0 Å². The van der Waals surface area contributed by atoms with Gasteiger partial charge in [0.1, 0.15) is 19.8 Å². The maximum Gasteiger partial charge on any atom is 0.251 e. The van der Waals surface area contributed by atoms with E-state index in [1.807, 2.05) is 96.6 Å². The molecule has 158 valence electrons. The summed E-state index contributed by atoms with van der Waals surface area (Å²) < 4.78 is 3.90. The molecule has 0 spiro atoms. The Kier molecular flexibility index (Phi) is 7.30. The first-order chi connectivity index (χ1) is 15.0. The summed E-state index contributed by atoms with van der Waals surface area (Å²) in [7, 11) is 3.90. The molecule has 2 aromatic heterocycles. The second kappa shape index (κ2) is 10.3. The van der Waals surface area contributed by atoms with Gasteiger partial charge in [0.2, 0.25) is 0 Å². The number of nitrogens with zero attached hydrogens (tertiary/aromatic N) is 2. The van der Waals surface area contributed by atoms with Gasteiger partial charge in [0.25, 0.3) is 5.91 Å². The Morgan fingerprint density at radius 1 is 0.903 bits per heavy atom. The average Bonchev–Trinajstić information content (AvgIpc) is 2.78. The van der Waals surface area contributed by atoms with E-state index >= 15 is 0 Å². The number of pyridine rings is 2. The number of hydrogen-bond acceptors (Lipinski definition) is 3. The Balaban J connectivity index is 1.97. The van der Waals surface area contributed by atoms with E-state index in [-0.39, 0.29) is 11.7 Å². The number of aromatic hydroxyl groups is 1. The van der Waals surface area contributed by atoms with E-state index in [0.29, 0.717) is 29.8 Å². The largest absolute Gasteiger partial charge is 0.507 e. The van der Waals surface area contributed by atoms with Gasteiger partial charge in [-0.15, -0.1) is 0 Å². The van der Waals surface area contributed by atoms with Gasteiger partial charge in [-0.3, -0.25) is 4.79 Å². The van der Waals surface area contributed by atoms with Crippen LogP contribution in [-0.2, 0) is 14.1 Å². The molecule has 2 heterocycles. The number of hydrogen-bond donors (Lipinski definition) is 3. The van der Waals surface area contributed by atoms with Gasteiger partial charge >= 0.3 is 0 Å². The van der Waals surface area contributed by atoms with E-state index in [9.17, 15) is 9.90 Å². The molecule has 0 unspecified atom stereocenters. The number of phenols is 1. The van der Waals surface area contributed by atoms with Crippen LogP contribution in [0.1, 0.15) is 32.6 Å². The van der Waals surface area contributed by atoms with Crippen LogP contribution in [-0.4, -0.2) is 24.1 Å². The molecule has 0 aliphatic carbocycles. The number of aromatic nitrogens is 2. The molecular formula is C25H28N4O2+2. The molecular weight excluding hydrogens is 388 g/mol. The van der Waals surface area contributed by atoms with E-state index in [1.54, 1.807) is 12.1 Å². The quantitative estimate of drug-likeness (QED) is 0.516. The van der Waals surface area contributed by atoms with Gasteiger partial charge in [0, 0.05) is 54.0 Å². The van der Waals surface area contributed by atoms with Crippen molar-refractivity contribution in [3.63, 3.8) is 0 Å². The summed E-state index contributed by atoms with van der Waals surface area (Å²) in [4.78, 5) is 12.5. The Morgan fingerprint density at radius 2 is 1.35 bits per heavy atom. The monoisotopic (exact) mass is 416 g/mol. The Bertz CT molecular complexity index is 1020. The van der Waals surface area contributed by atoms with Crippen LogP contribution in [0.25, 0.3) is 24.3 Å². The van der Waals surface area contributed by atoms with Crippen molar-refractivity contribution in [2.24, 2.45) is 19.8 Å². The van der Waals surface area contributed by atoms with Crippen molar-refractivity contribution in [2.45, 2.75) is 0 Å². The standard InChI is InChI=1S/C25H26N4O2/c1-28-13-7-19(8-14-28)3-5-21-17-23(25(31)27-12-11-26)18-22(24(21)30)6-4-20-9-15-29(2)16-10-20/h3-10,13-18H,11-12,26H2,1-2H3/p+2. The van der Waals surface area contributed by atoms with Crippen LogP contribution in [0, 0.1) is 0 Å². The number of benzene rings is 1. The van der Waals surface area contributed by atoms with Crippen LogP contribution in [0.3, 0.4) is 0 Å². The summed E-state index contributed by atoms with van der Waals surface area (Å²) >= 11 is 0. The number of nitrogens with two attached hydrogens (primary N) is 1. The number of aryl methyl sites for hydroxylation is 2. The SMILES string of the molecule is C[n+]1ccc(/C=C/c2cc(C(=O)NCCN)cc(/C=C/c3cc[n+](C)cc3)c2O)cc1. The van der Waals surface area contributed by atoms with Crippen molar-refractivity contribution in [2.75, 3.05) is 13.1 Å². The normalized spacial score (nSPS) is 11.3. The Hall–Kier alpha value is -3.77. The lowest BCUT2D eigenvalue weighted by molar-refractivity contribution is -0.671. The van der Waals surface area contributed by atoms with E-state index in [1.165, 1.54) is 0 Å². The highest BCUT2D eigenvalue weighted by Crippen LogP contribution is 2.28. The van der Waals surface area contributed by atoms with Crippen LogP contribution in [0.4, 0.5) is 0 Å². The molecule has 0 aliphatic heterocycles. The first kappa shape index (κ1) is 21.9. The van der Waals surface area contributed by atoms with Gasteiger partial charge in [-0.2, -0.15) is 0 Å². The molecule has 0 atom stereocenters. The fraction of sp³-hybridized carbons (Fsp3) is 0.160. The summed E-state index contributed by atoms with van der Waals surface area (Å²) in [5.74, 6) is -0.112. The van der Waals surface area contributed by atoms with Crippen molar-refractivity contribution in [1.82, 2.24) is 5.32 Å². The van der Waals surface area contributed by atoms with Crippen molar-refractivity contribution in [3.05, 3.63) is 89.0 Å². The third kappa shape index (κ3) is 6.10. The minimum absolute atomic E-state index is 0.117. The highest BCUT2D eigenvalue weighted by Gasteiger charge is 2.12. The molecule has 6 nitrogen and oxygen atoms in total. The molecule has 0 radical (unpaired) electrons. The number of amides is 1. The second-order valence-electron chi connectivity index (χ2n) is 7.31. The van der Waals surface area contributed by atoms with Gasteiger partial charge in [-0.25, -0.2) is 9.13 Å². The maximum absolute atomic E-state index is 12.5. The zero-order chi connectivity index (χ0) is 22.2. The van der Waals surface area contributed by atoms with Crippen molar-refractivity contribution in [1.29, 1.82) is 0 Å². The topological polar surface area (TPSA) is 83.1 Å². The number of phenolic OH excluding ortho intramolecular Hbond substituents is 1. The molecule has 0 aliphatic rings. The van der Waals surface area contributed by atoms with E-state index < -0.39 is 0 Å². The highest BCUT2D eigenvalue weighted by atomic mass is 16.3. The van der Waals surface area contributed by atoms with Gasteiger partial charge in [-0.1, -0.05) is 24.3 Å². The van der Waals surface area contributed by atoms with Crippen molar-refractivity contribution >= 4 is 30.2 Å². The van der Waals surface area contributed by atoms with E-state index in [0.717, 1.165) is 11.1 Å². The van der Waals surface area contributed by atoms with E-state index in [4.69, 9.17) is 5.73 Å². The van der Waals surface area contributed by atoms with Crippen LogP contribution < -0.4 is 20.2 Å². The molecule has 6 heteroatoms. The fourth-order valence-electron chi connectivity index (χ4n) is 2.97. The van der Waals surface area contributed by atoms with Crippen molar-refractivity contribution in [3.8, 4) is 5.75 Å². The molecule has 3 rings (SSSR count). The molecule has 31 heavy (non-hydrogen) atoms. The Labute approximate surface area is 182 Å². The third-order valence-electron chi connectivity index (χ3n) is 4.78. The first-order valence-electron chi connectivity index (χ1n) is 10.1. The highest BCUT2D eigenvalue weighted by molar-refractivity contribution is 5.97. The summed E-state index contributed by atoms with van der Waals surface area (Å²) in [5.41, 5.74) is 9.07. The summed E-state index contributed by atoms with van der Waals surface area (Å²) in [6.45, 7) is 0.748. The lowest BCUT2D eigenvalue weighted by Gasteiger charge is -2.09. The number of carbonyl (C=O) groups excluding carboxylic acids is 1. The molecule has 0 bridgehead atoms. The van der Waals surface area contributed by atoms with Crippen LogP contribution in [0.5, 0.6) is 5.75 Å². The molecule has 0 saturated carbocycles. The number of nitrogens with one attached hydrogen (secondary N) is 1. The maximum atomic E-state index is 12.5. The lowest BCUT2D eigenvalue weighted by atomic mass is 10.0. The molecule has 4 N–H and O–H groups in total. The predicted molar refractivity (Wildman–Crippen MR) is 123 cm³/mol. The lowest BCUT2D eigenvalue weighted by Crippen LogP contribution is -2.29. The average molecular weight is 417 g/mol. The first-order valence-corrected chi connectivity index (χ1v) is 10.1. The predicted octanol–water partition coefficient (Wildman–Crippen LogP) is 2.07. The van der Waals surface area contributed by atoms with Crippen LogP contribution >= 0.6 is 0 Å². The summed E-state index contributed by atoms with van der Waals surface area (Å²) in [6.07, 6.45) is 15.2. The molecule has 1 amide bonds. The van der Waals surface area contributed by atoms with Crippen LogP contribution in [0.2, 0.25) is 0 Å². The zero-order valence-corrected chi connectivity index (χ0v) is 17.8. The molecule has 0 saturated heterocycles. The van der Waals surface area contributed by atoms with Gasteiger partial charge in [0.05, 0.1) is 0 Å². The molecule has 0 fully saturated rings. The smallest absolute Gasteiger partial charge is 0.251 e. The van der Waals surface area contributed by atoms with Gasteiger partial charge < -0.3 is 16.2 Å². The number of rotatable bonds is 7. The van der Waals surface area contributed by atoms with Crippen LogP contribution in [0.15, 0.2) is 61.2 Å². The Morgan fingerprint density at radius 3 is 1.77 bits per heavy atom. The third-order valence-corrected chi connectivity index (χ3v) is 4.78. The molecule has 3 aromatic rings. The fourth-order valence-corrected chi connectivity index (χ4v) is 2.97. The number of carbonyl (C=O) groups is 1. The zero-order valence-electron chi connectivity index (χ0n) is 17.8. The second-order valence-corrected chi connectivity index (χ2v) is 7.31. The minimum atomic E-state index is -0.228.